The van der Waals surface area contributed by atoms with E-state index in [1.807, 2.05) is 0 Å². The van der Waals surface area contributed by atoms with Gasteiger partial charge in [0.2, 0.25) is 0 Å². The molecule has 2 aromatic carbocycles. The number of nitrogens with zero attached hydrogens (tertiary/aromatic N) is 3. The molecule has 0 aliphatic rings. The molecule has 0 aliphatic heterocycles. The summed E-state index contributed by atoms with van der Waals surface area (Å²) in [4.78, 5) is 0. The van der Waals surface area contributed by atoms with Crippen LogP contribution in [0.5, 0.6) is 0 Å². The van der Waals surface area contributed by atoms with Gasteiger partial charge in [0.05, 0.1) is 23.0 Å². The van der Waals surface area contributed by atoms with E-state index < -0.39 is 0 Å². The Kier molecular flexibility index (Phi) is 4.79. The Labute approximate surface area is 153 Å². The van der Waals surface area contributed by atoms with E-state index in [1.54, 1.807) is 42.5 Å². The molecule has 0 saturated heterocycles. The van der Waals surface area contributed by atoms with Crippen LogP contribution in [0.25, 0.3) is 16.9 Å². The molecule has 3 aromatic rings. The van der Waals surface area contributed by atoms with Crippen LogP contribution in [-0.4, -0.2) is 14.9 Å². The maximum absolute atomic E-state index is 9.54. The number of aliphatic hydroxyl groups is 1. The van der Waals surface area contributed by atoms with Gasteiger partial charge in [0.1, 0.15) is 17.3 Å². The number of hydrogen-bond donors (Lipinski definition) is 1. The first-order valence-electron chi connectivity index (χ1n) is 6.89. The van der Waals surface area contributed by atoms with Gasteiger partial charge in [0.15, 0.2) is 0 Å². The molecule has 0 atom stereocenters. The van der Waals surface area contributed by atoms with Crippen molar-refractivity contribution in [2.24, 2.45) is 0 Å². The first-order chi connectivity index (χ1) is 11.5. The third-order valence-corrected chi connectivity index (χ3v) is 4.26. The molecule has 7 heteroatoms. The first-order valence-corrected chi connectivity index (χ1v) is 8.02. The zero-order valence-electron chi connectivity index (χ0n) is 12.2. The van der Waals surface area contributed by atoms with Gasteiger partial charge in [-0.1, -0.05) is 46.9 Å². The number of halogens is 3. The second-order valence-corrected chi connectivity index (χ2v) is 6.23. The van der Waals surface area contributed by atoms with Gasteiger partial charge < -0.3 is 5.11 Å². The lowest BCUT2D eigenvalue weighted by molar-refractivity contribution is 0.276. The largest absolute Gasteiger partial charge is 0.390 e. The second kappa shape index (κ2) is 6.84. The predicted octanol–water partition coefficient (Wildman–Crippen LogP) is 4.86. The fourth-order valence-corrected chi connectivity index (χ4v) is 3.01. The van der Waals surface area contributed by atoms with Gasteiger partial charge in [-0.3, -0.25) is 0 Å². The van der Waals surface area contributed by atoms with E-state index in [9.17, 15) is 10.4 Å². The van der Waals surface area contributed by atoms with E-state index in [1.165, 1.54) is 4.68 Å². The van der Waals surface area contributed by atoms with Crippen LogP contribution in [0.1, 0.15) is 11.3 Å². The van der Waals surface area contributed by atoms with Gasteiger partial charge in [-0.05, 0) is 30.3 Å². The lowest BCUT2D eigenvalue weighted by Gasteiger charge is -2.10. The fourth-order valence-electron chi connectivity index (χ4n) is 2.39. The highest BCUT2D eigenvalue weighted by Crippen LogP contribution is 2.33. The van der Waals surface area contributed by atoms with Crippen molar-refractivity contribution in [1.29, 1.82) is 5.26 Å². The summed E-state index contributed by atoms with van der Waals surface area (Å²) in [5.74, 6) is 0. The smallest absolute Gasteiger partial charge is 0.107 e. The van der Waals surface area contributed by atoms with Gasteiger partial charge in [0, 0.05) is 15.6 Å². The van der Waals surface area contributed by atoms with Crippen molar-refractivity contribution < 1.29 is 5.11 Å². The predicted molar refractivity (Wildman–Crippen MR) is 94.7 cm³/mol. The molecule has 1 N–H and O–H groups in total. The summed E-state index contributed by atoms with van der Waals surface area (Å²) < 4.78 is 1.53. The quantitative estimate of drug-likeness (QED) is 0.707. The number of rotatable bonds is 3. The Morgan fingerprint density at radius 1 is 1.04 bits per heavy atom. The van der Waals surface area contributed by atoms with Gasteiger partial charge in [0.25, 0.3) is 0 Å². The minimum absolute atomic E-state index is 0.272. The Morgan fingerprint density at radius 3 is 2.29 bits per heavy atom. The molecule has 1 aromatic heterocycles. The van der Waals surface area contributed by atoms with Crippen LogP contribution in [-0.2, 0) is 6.61 Å². The van der Waals surface area contributed by atoms with Crippen LogP contribution in [0.15, 0.2) is 42.5 Å². The summed E-state index contributed by atoms with van der Waals surface area (Å²) in [5.41, 5.74) is 2.37. The molecule has 24 heavy (non-hydrogen) atoms. The number of benzene rings is 2. The highest BCUT2D eigenvalue weighted by atomic mass is 35.5. The molecule has 0 saturated carbocycles. The van der Waals surface area contributed by atoms with Gasteiger partial charge in [-0.2, -0.15) is 10.4 Å². The topological polar surface area (TPSA) is 61.8 Å². The molecule has 0 bridgehead atoms. The lowest BCUT2D eigenvalue weighted by atomic mass is 10.1. The second-order valence-electron chi connectivity index (χ2n) is 4.95. The zero-order valence-corrected chi connectivity index (χ0v) is 14.4. The van der Waals surface area contributed by atoms with Crippen LogP contribution >= 0.6 is 34.8 Å². The van der Waals surface area contributed by atoms with E-state index in [0.29, 0.717) is 26.4 Å². The van der Waals surface area contributed by atoms with Crippen LogP contribution in [0.2, 0.25) is 15.1 Å². The lowest BCUT2D eigenvalue weighted by Crippen LogP contribution is -2.01. The van der Waals surface area contributed by atoms with Crippen molar-refractivity contribution in [3.8, 4) is 23.0 Å². The van der Waals surface area contributed by atoms with Gasteiger partial charge >= 0.3 is 0 Å². The fraction of sp³-hybridized carbons (Fsp3) is 0.0588. The Morgan fingerprint density at radius 2 is 1.71 bits per heavy atom. The third kappa shape index (κ3) is 3.00. The molecule has 0 aliphatic carbocycles. The molecule has 0 spiro atoms. The first kappa shape index (κ1) is 16.8. The van der Waals surface area contributed by atoms with Gasteiger partial charge in [-0.25, -0.2) is 4.68 Å². The standard InChI is InChI=1S/C17H10Cl3N3O/c18-11-3-1-10(2-4-11)17-13(8-21)15(9-24)22-23(17)16-6-5-12(19)7-14(16)20/h1-7,24H,9H2. The van der Waals surface area contributed by atoms with Crippen molar-refractivity contribution >= 4 is 34.8 Å². The van der Waals surface area contributed by atoms with E-state index in [-0.39, 0.29) is 17.9 Å². The van der Waals surface area contributed by atoms with Crippen molar-refractivity contribution in [2.75, 3.05) is 0 Å². The minimum atomic E-state index is -0.359. The number of hydrogen-bond acceptors (Lipinski definition) is 3. The van der Waals surface area contributed by atoms with Crippen molar-refractivity contribution in [1.82, 2.24) is 9.78 Å². The Hall–Kier alpha value is -2.03. The Bertz CT molecular complexity index is 943. The third-order valence-electron chi connectivity index (χ3n) is 3.48. The molecule has 120 valence electrons. The van der Waals surface area contributed by atoms with E-state index in [4.69, 9.17) is 34.8 Å². The molecule has 4 nitrogen and oxygen atoms in total. The van der Waals surface area contributed by atoms with Crippen molar-refractivity contribution in [2.45, 2.75) is 6.61 Å². The molecular formula is C17H10Cl3N3O. The summed E-state index contributed by atoms with van der Waals surface area (Å²) in [6.07, 6.45) is 0. The summed E-state index contributed by atoms with van der Waals surface area (Å²) >= 11 is 18.2. The van der Waals surface area contributed by atoms with Crippen LogP contribution in [0.4, 0.5) is 0 Å². The SMILES string of the molecule is N#Cc1c(CO)nn(-c2ccc(Cl)cc2Cl)c1-c1ccc(Cl)cc1. The van der Waals surface area contributed by atoms with E-state index in [0.717, 1.165) is 5.56 Å². The molecule has 3 rings (SSSR count). The number of nitriles is 1. The summed E-state index contributed by atoms with van der Waals surface area (Å²) in [6.45, 7) is -0.359. The van der Waals surface area contributed by atoms with Crippen molar-refractivity contribution in [3.05, 3.63) is 68.8 Å². The maximum Gasteiger partial charge on any atom is 0.107 e. The van der Waals surface area contributed by atoms with E-state index in [2.05, 4.69) is 11.2 Å². The van der Waals surface area contributed by atoms with Crippen molar-refractivity contribution in [3.63, 3.8) is 0 Å². The summed E-state index contributed by atoms with van der Waals surface area (Å²) in [7, 11) is 0. The molecule has 0 radical (unpaired) electrons. The van der Waals surface area contributed by atoms with E-state index >= 15 is 0 Å². The van der Waals surface area contributed by atoms with Gasteiger partial charge in [-0.15, -0.1) is 0 Å². The number of aromatic nitrogens is 2. The zero-order chi connectivity index (χ0) is 17.3. The normalized spacial score (nSPS) is 10.6. The highest BCUT2D eigenvalue weighted by molar-refractivity contribution is 6.35. The highest BCUT2D eigenvalue weighted by Gasteiger charge is 2.21. The minimum Gasteiger partial charge on any atom is -0.390 e. The van der Waals surface area contributed by atoms with Crippen LogP contribution in [0.3, 0.4) is 0 Å². The van der Waals surface area contributed by atoms with Crippen LogP contribution in [0, 0.1) is 11.3 Å². The molecule has 0 fully saturated rings. The molecule has 0 unspecified atom stereocenters. The maximum atomic E-state index is 9.54. The molecular weight excluding hydrogens is 369 g/mol. The molecule has 0 amide bonds. The van der Waals surface area contributed by atoms with Crippen LogP contribution < -0.4 is 0 Å². The summed E-state index contributed by atoms with van der Waals surface area (Å²) in [5, 5.41) is 24.9. The average Bonchev–Trinajstić information content (AvgIpc) is 2.94. The Balaban J connectivity index is 2.32. The number of aliphatic hydroxyl groups excluding tert-OH is 1. The monoisotopic (exact) mass is 377 g/mol. The summed E-state index contributed by atoms with van der Waals surface area (Å²) in [6, 6.07) is 14.1. The average molecular weight is 379 g/mol. The molecule has 1 heterocycles.